The number of fused-ring (bicyclic) bond motifs is 1. The highest BCUT2D eigenvalue weighted by Gasteiger charge is 2.10. The van der Waals surface area contributed by atoms with Crippen LogP contribution >= 0.6 is 34.5 Å². The van der Waals surface area contributed by atoms with E-state index in [4.69, 9.17) is 23.2 Å². The lowest BCUT2D eigenvalue weighted by Gasteiger charge is -2.03. The topological polar surface area (TPSA) is 30.0 Å². The van der Waals surface area contributed by atoms with Gasteiger partial charge in [-0.1, -0.05) is 29.3 Å². The number of Topliss-reactive ketones (excluding diaryl/α,β-unsaturated/α-hetero) is 1. The molecule has 100 valence electrons. The van der Waals surface area contributed by atoms with Gasteiger partial charge in [-0.25, -0.2) is 0 Å². The summed E-state index contributed by atoms with van der Waals surface area (Å²) in [5.41, 5.74) is 2.38. The molecule has 0 N–H and O–H groups in total. The number of ketones is 1. The Morgan fingerprint density at radius 2 is 2.00 bits per heavy atom. The van der Waals surface area contributed by atoms with E-state index in [1.54, 1.807) is 29.7 Å². The minimum absolute atomic E-state index is 0.0196. The molecule has 0 radical (unpaired) electrons. The van der Waals surface area contributed by atoms with E-state index in [2.05, 4.69) is 4.98 Å². The molecule has 3 aromatic rings. The van der Waals surface area contributed by atoms with Crippen LogP contribution in [0.4, 0.5) is 0 Å². The number of halogens is 2. The van der Waals surface area contributed by atoms with E-state index < -0.39 is 0 Å². The Balaban J connectivity index is 1.86. The summed E-state index contributed by atoms with van der Waals surface area (Å²) in [5.74, 6) is 0.0196. The molecule has 0 atom stereocenters. The third kappa shape index (κ3) is 2.70. The van der Waals surface area contributed by atoms with Crippen LogP contribution in [0.2, 0.25) is 10.0 Å². The summed E-state index contributed by atoms with van der Waals surface area (Å²) in [6.07, 6.45) is 1.91. The number of rotatable bonds is 3. The van der Waals surface area contributed by atoms with Gasteiger partial charge in [0.2, 0.25) is 0 Å². The molecule has 0 bridgehead atoms. The first-order chi connectivity index (χ1) is 9.63. The highest BCUT2D eigenvalue weighted by atomic mass is 35.5. The molecular formula is C15H9Cl2NOS. The summed E-state index contributed by atoms with van der Waals surface area (Å²) in [7, 11) is 0. The molecule has 0 amide bonds. The molecule has 0 spiro atoms. The number of nitrogens with zero attached hydrogens (tertiary/aromatic N) is 1. The number of carbonyl (C=O) groups is 1. The molecule has 0 aliphatic heterocycles. The van der Waals surface area contributed by atoms with Crippen LogP contribution in [0.3, 0.4) is 0 Å². The largest absolute Gasteiger partial charge is 0.294 e. The Hall–Kier alpha value is -1.42. The van der Waals surface area contributed by atoms with Crippen molar-refractivity contribution in [2.24, 2.45) is 0 Å². The minimum atomic E-state index is 0.0196. The van der Waals surface area contributed by atoms with Gasteiger partial charge in [-0.3, -0.25) is 9.78 Å². The molecule has 20 heavy (non-hydrogen) atoms. The van der Waals surface area contributed by atoms with Gasteiger partial charge in [0.1, 0.15) is 0 Å². The Labute approximate surface area is 130 Å². The van der Waals surface area contributed by atoms with E-state index in [-0.39, 0.29) is 12.2 Å². The average Bonchev–Trinajstić information content (AvgIpc) is 2.90. The van der Waals surface area contributed by atoms with Crippen molar-refractivity contribution in [3.63, 3.8) is 0 Å². The number of benzene rings is 1. The van der Waals surface area contributed by atoms with E-state index in [1.807, 2.05) is 23.6 Å². The number of pyridine rings is 1. The monoisotopic (exact) mass is 321 g/mol. The van der Waals surface area contributed by atoms with Gasteiger partial charge in [0.05, 0.1) is 20.3 Å². The number of thiophene rings is 1. The van der Waals surface area contributed by atoms with Gasteiger partial charge in [-0.2, -0.15) is 0 Å². The third-order valence-electron chi connectivity index (χ3n) is 2.97. The Morgan fingerprint density at radius 1 is 1.15 bits per heavy atom. The van der Waals surface area contributed by atoms with E-state index in [1.165, 1.54) is 0 Å². The molecule has 0 unspecified atom stereocenters. The summed E-state index contributed by atoms with van der Waals surface area (Å²) in [4.78, 5) is 16.5. The van der Waals surface area contributed by atoms with Crippen LogP contribution in [-0.2, 0) is 6.42 Å². The van der Waals surface area contributed by atoms with Gasteiger partial charge in [0.15, 0.2) is 5.78 Å². The molecule has 3 rings (SSSR count). The summed E-state index contributed by atoms with van der Waals surface area (Å²) in [5, 5.41) is 2.92. The second-order valence-electron chi connectivity index (χ2n) is 4.38. The second-order valence-corrected chi connectivity index (χ2v) is 6.14. The predicted octanol–water partition coefficient (Wildman–Crippen LogP) is 5.03. The van der Waals surface area contributed by atoms with Gasteiger partial charge in [-0.05, 0) is 35.2 Å². The maximum absolute atomic E-state index is 12.3. The zero-order chi connectivity index (χ0) is 14.1. The summed E-state index contributed by atoms with van der Waals surface area (Å²) < 4.78 is 1.02. The van der Waals surface area contributed by atoms with Crippen molar-refractivity contribution in [1.82, 2.24) is 4.98 Å². The van der Waals surface area contributed by atoms with Crippen LogP contribution in [0.1, 0.15) is 15.9 Å². The lowest BCUT2D eigenvalue weighted by molar-refractivity contribution is 0.0993. The van der Waals surface area contributed by atoms with Crippen LogP contribution in [0.15, 0.2) is 41.9 Å². The quantitative estimate of drug-likeness (QED) is 0.633. The van der Waals surface area contributed by atoms with Gasteiger partial charge in [0, 0.05) is 18.2 Å². The molecule has 1 aromatic carbocycles. The van der Waals surface area contributed by atoms with Crippen LogP contribution in [0.5, 0.6) is 0 Å². The summed E-state index contributed by atoms with van der Waals surface area (Å²) >= 11 is 13.4. The van der Waals surface area contributed by atoms with Crippen molar-refractivity contribution in [2.45, 2.75) is 6.42 Å². The van der Waals surface area contributed by atoms with Gasteiger partial charge in [0.25, 0.3) is 0 Å². The lowest BCUT2D eigenvalue weighted by Crippen LogP contribution is -2.03. The first-order valence-corrected chi connectivity index (χ1v) is 7.57. The predicted molar refractivity (Wildman–Crippen MR) is 84.1 cm³/mol. The SMILES string of the molecule is O=C(Cc1ccc(Cl)c(Cl)c1)c1cnc2ccsc2c1. The molecule has 0 aliphatic rings. The zero-order valence-corrected chi connectivity index (χ0v) is 12.6. The fraction of sp³-hybridized carbons (Fsp3) is 0.0667. The number of carbonyl (C=O) groups excluding carboxylic acids is 1. The lowest BCUT2D eigenvalue weighted by atomic mass is 10.0. The van der Waals surface area contributed by atoms with Crippen LogP contribution in [0, 0.1) is 0 Å². The van der Waals surface area contributed by atoms with Gasteiger partial charge >= 0.3 is 0 Å². The third-order valence-corrected chi connectivity index (χ3v) is 4.57. The smallest absolute Gasteiger partial charge is 0.168 e. The van der Waals surface area contributed by atoms with Crippen LogP contribution in [-0.4, -0.2) is 10.8 Å². The van der Waals surface area contributed by atoms with Crippen LogP contribution < -0.4 is 0 Å². The van der Waals surface area contributed by atoms with Crippen molar-refractivity contribution in [2.75, 3.05) is 0 Å². The highest BCUT2D eigenvalue weighted by molar-refractivity contribution is 7.17. The maximum Gasteiger partial charge on any atom is 0.168 e. The number of hydrogen-bond acceptors (Lipinski definition) is 3. The minimum Gasteiger partial charge on any atom is -0.294 e. The Kier molecular flexibility index (Phi) is 3.74. The molecule has 0 fully saturated rings. The average molecular weight is 322 g/mol. The van der Waals surface area contributed by atoms with Crippen LogP contribution in [0.25, 0.3) is 10.2 Å². The van der Waals surface area contributed by atoms with Gasteiger partial charge in [-0.15, -0.1) is 11.3 Å². The molecule has 5 heteroatoms. The molecule has 2 aromatic heterocycles. The maximum atomic E-state index is 12.3. The highest BCUT2D eigenvalue weighted by Crippen LogP contribution is 2.24. The second kappa shape index (κ2) is 5.52. The first-order valence-electron chi connectivity index (χ1n) is 5.94. The molecule has 2 nitrogen and oxygen atoms in total. The van der Waals surface area contributed by atoms with Crippen molar-refractivity contribution in [3.05, 3.63) is 63.1 Å². The number of hydrogen-bond donors (Lipinski definition) is 0. The standard InChI is InChI=1S/C15H9Cl2NOS/c16-11-2-1-9(5-12(11)17)6-14(19)10-7-15-13(18-8-10)3-4-20-15/h1-5,7-8H,6H2. The van der Waals surface area contributed by atoms with E-state index in [9.17, 15) is 4.79 Å². The molecule has 0 saturated carbocycles. The first kappa shape index (κ1) is 13.6. The normalized spacial score (nSPS) is 10.9. The molecule has 2 heterocycles. The molecule has 0 saturated heterocycles. The Bertz CT molecular complexity index is 797. The summed E-state index contributed by atoms with van der Waals surface area (Å²) in [6.45, 7) is 0. The number of aromatic nitrogens is 1. The summed E-state index contributed by atoms with van der Waals surface area (Å²) in [6, 6.07) is 9.05. The zero-order valence-electron chi connectivity index (χ0n) is 10.3. The Morgan fingerprint density at radius 3 is 2.80 bits per heavy atom. The van der Waals surface area contributed by atoms with E-state index in [0.29, 0.717) is 15.6 Å². The van der Waals surface area contributed by atoms with Crippen molar-refractivity contribution < 1.29 is 4.79 Å². The van der Waals surface area contributed by atoms with E-state index in [0.717, 1.165) is 15.8 Å². The fourth-order valence-corrected chi connectivity index (χ4v) is 3.04. The van der Waals surface area contributed by atoms with Crippen molar-refractivity contribution >= 4 is 50.5 Å². The fourth-order valence-electron chi connectivity index (χ4n) is 1.94. The molecule has 0 aliphatic carbocycles. The van der Waals surface area contributed by atoms with E-state index >= 15 is 0 Å². The molecular weight excluding hydrogens is 313 g/mol. The van der Waals surface area contributed by atoms with Crippen molar-refractivity contribution in [1.29, 1.82) is 0 Å². The van der Waals surface area contributed by atoms with Gasteiger partial charge < -0.3 is 0 Å². The van der Waals surface area contributed by atoms with Crippen molar-refractivity contribution in [3.8, 4) is 0 Å².